The van der Waals surface area contributed by atoms with Crippen LogP contribution in [0.5, 0.6) is 0 Å². The van der Waals surface area contributed by atoms with Gasteiger partial charge >= 0.3 is 0 Å². The highest BCUT2D eigenvalue weighted by Crippen LogP contribution is 2.29. The maximum atomic E-state index is 12.2. The summed E-state index contributed by atoms with van der Waals surface area (Å²) in [5.74, 6) is -0.327. The fourth-order valence-corrected chi connectivity index (χ4v) is 2.84. The molecule has 1 saturated heterocycles. The molecule has 0 radical (unpaired) electrons. The Hall–Kier alpha value is -2.54. The molecule has 3 rings (SSSR count). The van der Waals surface area contributed by atoms with Crippen LogP contribution >= 0.6 is 11.6 Å². The number of H-pyrrole nitrogens is 1. The van der Waals surface area contributed by atoms with E-state index < -0.39 is 0 Å². The smallest absolute Gasteiger partial charge is 0.276 e. The summed E-state index contributed by atoms with van der Waals surface area (Å²) >= 11 is 6.32. The van der Waals surface area contributed by atoms with E-state index in [0.717, 1.165) is 17.8 Å². The van der Waals surface area contributed by atoms with E-state index in [9.17, 15) is 9.59 Å². The number of aryl methyl sites for hydroxylation is 1. The van der Waals surface area contributed by atoms with Crippen molar-refractivity contribution in [3.63, 3.8) is 0 Å². The van der Waals surface area contributed by atoms with Gasteiger partial charge in [0.1, 0.15) is 0 Å². The summed E-state index contributed by atoms with van der Waals surface area (Å²) in [4.78, 5) is 25.6. The lowest BCUT2D eigenvalue weighted by Gasteiger charge is -2.29. The average molecular weight is 348 g/mol. The minimum absolute atomic E-state index is 0.0278. The van der Waals surface area contributed by atoms with E-state index in [1.165, 1.54) is 0 Å². The van der Waals surface area contributed by atoms with Gasteiger partial charge in [-0.3, -0.25) is 14.7 Å². The number of anilines is 2. The van der Waals surface area contributed by atoms with E-state index in [0.29, 0.717) is 29.5 Å². The van der Waals surface area contributed by atoms with Crippen LogP contribution in [0.4, 0.5) is 11.4 Å². The lowest BCUT2D eigenvalue weighted by molar-refractivity contribution is -0.120. The fraction of sp³-hybridized carbons (Fsp3) is 0.312. The molecule has 126 valence electrons. The number of halogens is 1. The molecule has 0 unspecified atom stereocenters. The summed E-state index contributed by atoms with van der Waals surface area (Å²) < 4.78 is 0. The number of carbonyl (C=O) groups excluding carboxylic acids is 2. The molecule has 8 heteroatoms. The second kappa shape index (κ2) is 6.92. The van der Waals surface area contributed by atoms with Crippen molar-refractivity contribution in [1.82, 2.24) is 15.5 Å². The van der Waals surface area contributed by atoms with Crippen LogP contribution in [0.1, 0.15) is 23.1 Å². The first kappa shape index (κ1) is 16.3. The van der Waals surface area contributed by atoms with Gasteiger partial charge in [-0.15, -0.1) is 0 Å². The van der Waals surface area contributed by atoms with Crippen molar-refractivity contribution in [2.45, 2.75) is 13.3 Å². The molecule has 1 aliphatic rings. The van der Waals surface area contributed by atoms with Gasteiger partial charge in [-0.05, 0) is 30.7 Å². The first-order chi connectivity index (χ1) is 11.6. The Bertz CT molecular complexity index is 774. The molecule has 1 aromatic carbocycles. The van der Waals surface area contributed by atoms with Gasteiger partial charge in [0, 0.05) is 24.5 Å². The number of nitrogens with zero attached hydrogens (tertiary/aromatic N) is 2. The minimum Gasteiger partial charge on any atom is -0.359 e. The zero-order chi connectivity index (χ0) is 17.1. The number of aromatic nitrogens is 2. The highest BCUT2D eigenvalue weighted by Gasteiger charge is 2.19. The summed E-state index contributed by atoms with van der Waals surface area (Å²) in [6.07, 6.45) is 0.782. The molecular formula is C16H18ClN5O2. The van der Waals surface area contributed by atoms with Crippen LogP contribution in [0.2, 0.25) is 5.02 Å². The second-order valence-corrected chi connectivity index (χ2v) is 5.93. The predicted octanol–water partition coefficient (Wildman–Crippen LogP) is 1.81. The molecule has 7 nitrogen and oxygen atoms in total. The summed E-state index contributed by atoms with van der Waals surface area (Å²) in [5.41, 5.74) is 2.59. The number of hydrogen-bond acceptors (Lipinski definition) is 4. The number of aromatic amines is 1. The largest absolute Gasteiger partial charge is 0.359 e. The Kier molecular flexibility index (Phi) is 4.71. The zero-order valence-electron chi connectivity index (χ0n) is 13.2. The molecule has 1 aliphatic heterocycles. The first-order valence-electron chi connectivity index (χ1n) is 7.73. The molecule has 2 aromatic rings. The Morgan fingerprint density at radius 2 is 2.25 bits per heavy atom. The number of amides is 2. The van der Waals surface area contributed by atoms with Crippen LogP contribution in [-0.2, 0) is 11.2 Å². The standard InChI is InChI=1S/C16H18ClN5O2/c1-2-10-8-13(21-20-10)16(24)19-11-3-4-14(12(17)7-11)22-6-5-18-15(23)9-22/h3-4,7-8H,2,5-6,9H2,1H3,(H,18,23)(H,19,24)(H,20,21). The number of carbonyl (C=O) groups is 2. The Balaban J connectivity index is 1.72. The van der Waals surface area contributed by atoms with Crippen molar-refractivity contribution in [2.24, 2.45) is 0 Å². The second-order valence-electron chi connectivity index (χ2n) is 5.52. The van der Waals surface area contributed by atoms with Gasteiger partial charge in [-0.2, -0.15) is 5.10 Å². The highest BCUT2D eigenvalue weighted by atomic mass is 35.5. The van der Waals surface area contributed by atoms with Crippen molar-refractivity contribution in [3.8, 4) is 0 Å². The van der Waals surface area contributed by atoms with Crippen LogP contribution < -0.4 is 15.5 Å². The topological polar surface area (TPSA) is 90.1 Å². The Labute approximate surface area is 144 Å². The number of hydrogen-bond donors (Lipinski definition) is 3. The van der Waals surface area contributed by atoms with Crippen molar-refractivity contribution in [2.75, 3.05) is 29.9 Å². The molecule has 1 aromatic heterocycles. The van der Waals surface area contributed by atoms with Crippen LogP contribution in [0.3, 0.4) is 0 Å². The van der Waals surface area contributed by atoms with Gasteiger partial charge in [-0.1, -0.05) is 18.5 Å². The quantitative estimate of drug-likeness (QED) is 0.786. The average Bonchev–Trinajstić information content (AvgIpc) is 3.04. The summed E-state index contributed by atoms with van der Waals surface area (Å²) in [5, 5.41) is 12.8. The maximum Gasteiger partial charge on any atom is 0.276 e. The Morgan fingerprint density at radius 1 is 1.42 bits per heavy atom. The van der Waals surface area contributed by atoms with Gasteiger partial charge in [0.15, 0.2) is 5.69 Å². The van der Waals surface area contributed by atoms with Crippen molar-refractivity contribution >= 4 is 34.8 Å². The third-order valence-electron chi connectivity index (χ3n) is 3.83. The monoisotopic (exact) mass is 347 g/mol. The molecule has 0 aliphatic carbocycles. The predicted molar refractivity (Wildman–Crippen MR) is 92.6 cm³/mol. The molecule has 3 N–H and O–H groups in total. The minimum atomic E-state index is -0.299. The SMILES string of the molecule is CCc1cc(C(=O)Nc2ccc(N3CCNC(=O)C3)c(Cl)c2)n[nH]1. The molecule has 0 bridgehead atoms. The maximum absolute atomic E-state index is 12.2. The third kappa shape index (κ3) is 3.51. The van der Waals surface area contributed by atoms with Gasteiger partial charge in [-0.25, -0.2) is 0 Å². The first-order valence-corrected chi connectivity index (χ1v) is 8.11. The van der Waals surface area contributed by atoms with Crippen molar-refractivity contribution < 1.29 is 9.59 Å². The summed E-state index contributed by atoms with van der Waals surface area (Å²) in [7, 11) is 0. The van der Waals surface area contributed by atoms with E-state index >= 15 is 0 Å². The summed E-state index contributed by atoms with van der Waals surface area (Å²) in [6, 6.07) is 6.96. The molecule has 2 heterocycles. The molecular weight excluding hydrogens is 330 g/mol. The lowest BCUT2D eigenvalue weighted by atomic mass is 10.2. The molecule has 0 spiro atoms. The van der Waals surface area contributed by atoms with Crippen LogP contribution in [-0.4, -0.2) is 41.6 Å². The van der Waals surface area contributed by atoms with Gasteiger partial charge in [0.2, 0.25) is 5.91 Å². The molecule has 1 fully saturated rings. The van der Waals surface area contributed by atoms with E-state index in [2.05, 4.69) is 20.8 Å². The molecule has 0 atom stereocenters. The van der Waals surface area contributed by atoms with E-state index in [1.54, 1.807) is 24.3 Å². The number of benzene rings is 1. The molecule has 2 amide bonds. The normalized spacial score (nSPS) is 14.4. The van der Waals surface area contributed by atoms with Crippen LogP contribution in [0.15, 0.2) is 24.3 Å². The molecule has 0 saturated carbocycles. The van der Waals surface area contributed by atoms with Crippen LogP contribution in [0, 0.1) is 0 Å². The fourth-order valence-electron chi connectivity index (χ4n) is 2.54. The van der Waals surface area contributed by atoms with Crippen LogP contribution in [0.25, 0.3) is 0 Å². The van der Waals surface area contributed by atoms with E-state index in [1.807, 2.05) is 11.8 Å². The van der Waals surface area contributed by atoms with E-state index in [-0.39, 0.29) is 18.4 Å². The summed E-state index contributed by atoms with van der Waals surface area (Å²) in [6.45, 7) is 3.55. The lowest BCUT2D eigenvalue weighted by Crippen LogP contribution is -2.47. The molecule has 24 heavy (non-hydrogen) atoms. The zero-order valence-corrected chi connectivity index (χ0v) is 14.0. The van der Waals surface area contributed by atoms with E-state index in [4.69, 9.17) is 11.6 Å². The highest BCUT2D eigenvalue weighted by molar-refractivity contribution is 6.33. The number of piperazine rings is 1. The van der Waals surface area contributed by atoms with Crippen molar-refractivity contribution in [1.29, 1.82) is 0 Å². The Morgan fingerprint density at radius 3 is 2.92 bits per heavy atom. The van der Waals surface area contributed by atoms with Gasteiger partial charge in [0.05, 0.1) is 17.3 Å². The number of nitrogens with one attached hydrogen (secondary N) is 3. The van der Waals surface area contributed by atoms with Crippen molar-refractivity contribution in [3.05, 3.63) is 40.7 Å². The van der Waals surface area contributed by atoms with Gasteiger partial charge in [0.25, 0.3) is 5.91 Å². The van der Waals surface area contributed by atoms with Gasteiger partial charge < -0.3 is 15.5 Å². The third-order valence-corrected chi connectivity index (χ3v) is 4.13. The number of rotatable bonds is 4.